The van der Waals surface area contributed by atoms with E-state index < -0.39 is 0 Å². The van der Waals surface area contributed by atoms with Gasteiger partial charge in [-0.25, -0.2) is 15.0 Å². The molecule has 2 aromatic heterocycles. The van der Waals surface area contributed by atoms with Gasteiger partial charge in [0.05, 0.1) is 11.3 Å². The topological polar surface area (TPSA) is 98.6 Å². The first kappa shape index (κ1) is 17.0. The zero-order valence-corrected chi connectivity index (χ0v) is 14.5. The van der Waals surface area contributed by atoms with E-state index in [9.17, 15) is 0 Å². The van der Waals surface area contributed by atoms with Gasteiger partial charge in [-0.15, -0.1) is 0 Å². The number of aromatic nitrogens is 3. The van der Waals surface area contributed by atoms with Crippen LogP contribution in [0.15, 0.2) is 30.6 Å². The van der Waals surface area contributed by atoms with Gasteiger partial charge in [-0.3, -0.25) is 0 Å². The molecule has 1 aliphatic rings. The zero-order chi connectivity index (χ0) is 17.6. The highest BCUT2D eigenvalue weighted by atomic mass is 15.1. The lowest BCUT2D eigenvalue weighted by atomic mass is 10.0. The Bertz CT molecular complexity index is 779. The van der Waals surface area contributed by atoms with Crippen LogP contribution in [0.25, 0.3) is 5.57 Å². The van der Waals surface area contributed by atoms with Crippen molar-refractivity contribution in [3.63, 3.8) is 0 Å². The Kier molecular flexibility index (Phi) is 5.35. The number of nitrogens with one attached hydrogen (secondary N) is 4. The van der Waals surface area contributed by atoms with Crippen molar-refractivity contribution in [2.45, 2.75) is 19.3 Å². The summed E-state index contributed by atoms with van der Waals surface area (Å²) in [5, 5.41) is 17.2. The molecule has 3 heterocycles. The summed E-state index contributed by atoms with van der Waals surface area (Å²) in [6, 6.07) is 5.90. The van der Waals surface area contributed by atoms with Crippen LogP contribution in [-0.2, 0) is 0 Å². The Hall–Kier alpha value is -2.80. The first-order valence-corrected chi connectivity index (χ1v) is 8.37. The van der Waals surface area contributed by atoms with Gasteiger partial charge in [0.1, 0.15) is 11.6 Å². The van der Waals surface area contributed by atoms with Gasteiger partial charge >= 0.3 is 0 Å². The average molecular weight is 337 g/mol. The van der Waals surface area contributed by atoms with E-state index in [2.05, 4.69) is 25.9 Å². The molecule has 0 radical (unpaired) electrons. The van der Waals surface area contributed by atoms with Crippen molar-refractivity contribution in [2.24, 2.45) is 0 Å². The van der Waals surface area contributed by atoms with E-state index in [0.29, 0.717) is 23.1 Å². The summed E-state index contributed by atoms with van der Waals surface area (Å²) in [6.45, 7) is 3.93. The molecule has 7 heteroatoms. The minimum absolute atomic E-state index is 0.356. The summed E-state index contributed by atoms with van der Waals surface area (Å²) >= 11 is 0. The van der Waals surface area contributed by atoms with Crippen LogP contribution in [0, 0.1) is 12.3 Å². The van der Waals surface area contributed by atoms with E-state index in [1.807, 2.05) is 25.1 Å². The molecule has 130 valence electrons. The molecule has 0 amide bonds. The van der Waals surface area contributed by atoms with E-state index in [4.69, 9.17) is 10.4 Å². The predicted molar refractivity (Wildman–Crippen MR) is 100 cm³/mol. The Morgan fingerprint density at radius 2 is 2.20 bits per heavy atom. The third-order valence-corrected chi connectivity index (χ3v) is 4.11. The lowest BCUT2D eigenvalue weighted by Crippen LogP contribution is -2.12. The number of hydrogen-bond donors (Lipinski definition) is 4. The molecule has 1 aliphatic heterocycles. The molecule has 7 nitrogen and oxygen atoms in total. The lowest BCUT2D eigenvalue weighted by molar-refractivity contribution is 0.729. The zero-order valence-electron chi connectivity index (χ0n) is 14.5. The van der Waals surface area contributed by atoms with Crippen molar-refractivity contribution in [1.29, 1.82) is 5.41 Å². The normalized spacial score (nSPS) is 17.4. The molecule has 1 saturated heterocycles. The number of nitrogens with zero attached hydrogens (tertiary/aromatic N) is 3. The quantitative estimate of drug-likeness (QED) is 0.603. The van der Waals surface area contributed by atoms with Crippen molar-refractivity contribution >= 4 is 23.4 Å². The lowest BCUT2D eigenvalue weighted by Gasteiger charge is -2.13. The van der Waals surface area contributed by atoms with Gasteiger partial charge in [0, 0.05) is 44.2 Å². The summed E-state index contributed by atoms with van der Waals surface area (Å²) < 4.78 is 0. The van der Waals surface area contributed by atoms with Crippen LogP contribution in [0.4, 0.5) is 11.6 Å². The SMILES string of the molecule is CN/C=C(\C=N)c1nc(Nc2cc(C)ccn2)cc(C2CCNC2)n1. The molecule has 0 spiro atoms. The smallest absolute Gasteiger partial charge is 0.164 e. The van der Waals surface area contributed by atoms with E-state index in [-0.39, 0.29) is 0 Å². The van der Waals surface area contributed by atoms with E-state index in [0.717, 1.165) is 36.6 Å². The van der Waals surface area contributed by atoms with Crippen LogP contribution < -0.4 is 16.0 Å². The monoisotopic (exact) mass is 337 g/mol. The molecule has 2 aromatic rings. The minimum atomic E-state index is 0.356. The maximum absolute atomic E-state index is 7.64. The van der Waals surface area contributed by atoms with Gasteiger partial charge < -0.3 is 21.4 Å². The number of aryl methyl sites for hydroxylation is 1. The number of rotatable bonds is 6. The molecule has 0 aliphatic carbocycles. The maximum Gasteiger partial charge on any atom is 0.164 e. The summed E-state index contributed by atoms with van der Waals surface area (Å²) in [5.41, 5.74) is 2.74. The van der Waals surface area contributed by atoms with Crippen LogP contribution >= 0.6 is 0 Å². The summed E-state index contributed by atoms with van der Waals surface area (Å²) in [4.78, 5) is 13.6. The Balaban J connectivity index is 1.99. The maximum atomic E-state index is 7.64. The summed E-state index contributed by atoms with van der Waals surface area (Å²) in [7, 11) is 1.80. The predicted octanol–water partition coefficient (Wildman–Crippen LogP) is 2.21. The van der Waals surface area contributed by atoms with Gasteiger partial charge in [0.15, 0.2) is 5.82 Å². The fourth-order valence-electron chi connectivity index (χ4n) is 2.84. The molecule has 3 rings (SSSR count). The number of pyridine rings is 1. The third-order valence-electron chi connectivity index (χ3n) is 4.11. The fourth-order valence-corrected chi connectivity index (χ4v) is 2.84. The first-order valence-electron chi connectivity index (χ1n) is 8.37. The van der Waals surface area contributed by atoms with Crippen molar-refractivity contribution in [3.8, 4) is 0 Å². The van der Waals surface area contributed by atoms with Gasteiger partial charge in [0.25, 0.3) is 0 Å². The Labute approximate surface area is 147 Å². The van der Waals surface area contributed by atoms with E-state index in [1.165, 1.54) is 6.21 Å². The molecule has 25 heavy (non-hydrogen) atoms. The third kappa shape index (κ3) is 4.19. The molecule has 0 saturated carbocycles. The van der Waals surface area contributed by atoms with Crippen molar-refractivity contribution in [2.75, 3.05) is 25.5 Å². The van der Waals surface area contributed by atoms with Gasteiger partial charge in [-0.05, 0) is 37.6 Å². The van der Waals surface area contributed by atoms with Crippen molar-refractivity contribution in [1.82, 2.24) is 25.6 Å². The van der Waals surface area contributed by atoms with Crippen LogP contribution in [0.1, 0.15) is 29.4 Å². The molecule has 0 bridgehead atoms. The number of allylic oxidation sites excluding steroid dienone is 1. The van der Waals surface area contributed by atoms with Crippen LogP contribution in [0.5, 0.6) is 0 Å². The second kappa shape index (κ2) is 7.85. The Morgan fingerprint density at radius 1 is 1.32 bits per heavy atom. The van der Waals surface area contributed by atoms with E-state index >= 15 is 0 Å². The second-order valence-corrected chi connectivity index (χ2v) is 6.07. The average Bonchev–Trinajstić information content (AvgIpc) is 3.14. The molecule has 1 unspecified atom stereocenters. The van der Waals surface area contributed by atoms with Gasteiger partial charge in [-0.2, -0.15) is 0 Å². The number of hydrogen-bond acceptors (Lipinski definition) is 7. The molecular weight excluding hydrogens is 314 g/mol. The van der Waals surface area contributed by atoms with Crippen LogP contribution in [0.2, 0.25) is 0 Å². The highest BCUT2D eigenvalue weighted by molar-refractivity contribution is 6.06. The Morgan fingerprint density at radius 3 is 2.88 bits per heavy atom. The van der Waals surface area contributed by atoms with Gasteiger partial charge in [0.2, 0.25) is 0 Å². The second-order valence-electron chi connectivity index (χ2n) is 6.07. The molecule has 1 fully saturated rings. The molecule has 1 atom stereocenters. The largest absolute Gasteiger partial charge is 0.393 e. The van der Waals surface area contributed by atoms with E-state index in [1.54, 1.807) is 19.4 Å². The highest BCUT2D eigenvalue weighted by Gasteiger charge is 2.20. The molecule has 4 N–H and O–H groups in total. The fraction of sp³-hybridized carbons (Fsp3) is 0.333. The summed E-state index contributed by atoms with van der Waals surface area (Å²) in [6.07, 6.45) is 5.81. The summed E-state index contributed by atoms with van der Waals surface area (Å²) in [5.74, 6) is 2.32. The number of anilines is 2. The minimum Gasteiger partial charge on any atom is -0.393 e. The molecular formula is C18H23N7. The van der Waals surface area contributed by atoms with Crippen molar-refractivity contribution in [3.05, 3.63) is 47.7 Å². The van der Waals surface area contributed by atoms with Crippen LogP contribution in [-0.4, -0.2) is 41.3 Å². The van der Waals surface area contributed by atoms with Crippen LogP contribution in [0.3, 0.4) is 0 Å². The standard InChI is InChI=1S/C18H23N7/c1-12-3-6-22-16(7-12)24-17-8-15(13-4-5-21-11-13)23-18(25-17)14(9-19)10-20-2/h3,6-10,13,19-21H,4-5,11H2,1-2H3,(H,22,23,24,25)/b14-10+,19-9?. The highest BCUT2D eigenvalue weighted by Crippen LogP contribution is 2.25. The van der Waals surface area contributed by atoms with Gasteiger partial charge in [-0.1, -0.05) is 0 Å². The first-order chi connectivity index (χ1) is 12.2. The molecule has 0 aromatic carbocycles. The van der Waals surface area contributed by atoms with Crippen molar-refractivity contribution < 1.29 is 0 Å².